The second-order valence-corrected chi connectivity index (χ2v) is 9.07. The van der Waals surface area contributed by atoms with E-state index in [0.29, 0.717) is 23.0 Å². The summed E-state index contributed by atoms with van der Waals surface area (Å²) in [6, 6.07) is 22.1. The first kappa shape index (κ1) is 20.3. The van der Waals surface area contributed by atoms with E-state index >= 15 is 0 Å². The Bertz CT molecular complexity index is 1150. The highest BCUT2D eigenvalue weighted by Gasteiger charge is 2.37. The van der Waals surface area contributed by atoms with Gasteiger partial charge in [0, 0.05) is 11.6 Å². The monoisotopic (exact) mass is 442 g/mol. The van der Waals surface area contributed by atoms with Crippen molar-refractivity contribution in [2.45, 2.75) is 17.5 Å². The topological polar surface area (TPSA) is 75.7 Å². The molecule has 154 valence electrons. The van der Waals surface area contributed by atoms with E-state index in [2.05, 4.69) is 5.32 Å². The van der Waals surface area contributed by atoms with Gasteiger partial charge in [0.15, 0.2) is 6.10 Å². The van der Waals surface area contributed by atoms with Crippen LogP contribution in [-0.4, -0.2) is 27.0 Å². The summed E-state index contributed by atoms with van der Waals surface area (Å²) in [6.07, 6.45) is -0.981. The molecule has 3 aromatic rings. The lowest BCUT2D eigenvalue weighted by Crippen LogP contribution is -2.50. The van der Waals surface area contributed by atoms with E-state index in [1.165, 1.54) is 28.6 Å². The molecule has 0 saturated carbocycles. The van der Waals surface area contributed by atoms with E-state index in [9.17, 15) is 13.2 Å². The molecule has 1 atom stereocenters. The molecule has 1 aliphatic heterocycles. The standard InChI is InChI=1S/C22H19ClN2O4S/c23-17-10-12-18(13-11-17)30(27,28)25-15-21(29-20-9-5-4-8-19(20)25)22(26)24-14-16-6-2-1-3-7-16/h1-13,21H,14-15H2,(H,24,26)/t21-/m0/s1. The Balaban J connectivity index is 1.60. The third-order valence-corrected chi connectivity index (χ3v) is 6.78. The van der Waals surface area contributed by atoms with Gasteiger partial charge in [0.25, 0.3) is 15.9 Å². The van der Waals surface area contributed by atoms with Gasteiger partial charge in [-0.1, -0.05) is 54.1 Å². The number of nitrogens with zero attached hydrogens (tertiary/aromatic N) is 1. The Kier molecular flexibility index (Phi) is 5.65. The molecular formula is C22H19ClN2O4S. The number of anilines is 1. The fourth-order valence-electron chi connectivity index (χ4n) is 3.20. The van der Waals surface area contributed by atoms with Crippen LogP contribution in [0.25, 0.3) is 0 Å². The van der Waals surface area contributed by atoms with Gasteiger partial charge in [0.1, 0.15) is 5.75 Å². The van der Waals surface area contributed by atoms with E-state index in [0.717, 1.165) is 5.56 Å². The summed E-state index contributed by atoms with van der Waals surface area (Å²) in [5.74, 6) is -0.0502. The van der Waals surface area contributed by atoms with Gasteiger partial charge in [-0.2, -0.15) is 0 Å². The summed E-state index contributed by atoms with van der Waals surface area (Å²) >= 11 is 5.90. The first-order valence-electron chi connectivity index (χ1n) is 9.31. The van der Waals surface area contributed by atoms with Crippen LogP contribution in [0.1, 0.15) is 5.56 Å². The van der Waals surface area contributed by atoms with Gasteiger partial charge in [0.2, 0.25) is 0 Å². The zero-order valence-corrected chi connectivity index (χ0v) is 17.4. The fraction of sp³-hybridized carbons (Fsp3) is 0.136. The van der Waals surface area contributed by atoms with E-state index in [1.54, 1.807) is 24.3 Å². The average Bonchev–Trinajstić information content (AvgIpc) is 2.77. The third kappa shape index (κ3) is 4.13. The Hall–Kier alpha value is -3.03. The van der Waals surface area contributed by atoms with Gasteiger partial charge >= 0.3 is 0 Å². The number of para-hydroxylation sites is 2. The second-order valence-electron chi connectivity index (χ2n) is 6.77. The molecule has 0 aromatic heterocycles. The number of rotatable bonds is 5. The zero-order valence-electron chi connectivity index (χ0n) is 15.9. The van der Waals surface area contributed by atoms with E-state index in [-0.39, 0.29) is 17.3 Å². The van der Waals surface area contributed by atoms with Gasteiger partial charge in [-0.15, -0.1) is 0 Å². The lowest BCUT2D eigenvalue weighted by molar-refractivity contribution is -0.127. The van der Waals surface area contributed by atoms with Crippen molar-refractivity contribution in [1.82, 2.24) is 5.32 Å². The number of amides is 1. The van der Waals surface area contributed by atoms with Gasteiger partial charge < -0.3 is 10.1 Å². The van der Waals surface area contributed by atoms with Crippen LogP contribution in [0.15, 0.2) is 83.8 Å². The number of carbonyl (C=O) groups is 1. The molecule has 0 saturated heterocycles. The van der Waals surface area contributed by atoms with Gasteiger partial charge in [-0.05, 0) is 42.0 Å². The van der Waals surface area contributed by atoms with Crippen molar-refractivity contribution in [3.63, 3.8) is 0 Å². The van der Waals surface area contributed by atoms with E-state index < -0.39 is 16.1 Å². The summed E-state index contributed by atoms with van der Waals surface area (Å²) < 4.78 is 33.6. The Morgan fingerprint density at radius 3 is 2.40 bits per heavy atom. The molecule has 0 unspecified atom stereocenters. The maximum atomic E-state index is 13.3. The SMILES string of the molecule is O=C(NCc1ccccc1)[C@@H]1CN(S(=O)(=O)c2ccc(Cl)cc2)c2ccccc2O1. The summed E-state index contributed by atoms with van der Waals surface area (Å²) in [6.45, 7) is 0.188. The molecule has 30 heavy (non-hydrogen) atoms. The second kappa shape index (κ2) is 8.38. The zero-order chi connectivity index (χ0) is 21.1. The molecule has 1 aliphatic rings. The molecule has 1 heterocycles. The van der Waals surface area contributed by atoms with Gasteiger partial charge in [0.05, 0.1) is 17.1 Å². The van der Waals surface area contributed by atoms with Crippen molar-refractivity contribution in [3.05, 3.63) is 89.4 Å². The highest BCUT2D eigenvalue weighted by molar-refractivity contribution is 7.92. The third-order valence-electron chi connectivity index (χ3n) is 4.74. The molecular weight excluding hydrogens is 424 g/mol. The predicted octanol–water partition coefficient (Wildman–Crippen LogP) is 3.61. The van der Waals surface area contributed by atoms with Crippen molar-refractivity contribution in [1.29, 1.82) is 0 Å². The first-order chi connectivity index (χ1) is 14.4. The molecule has 1 amide bonds. The predicted molar refractivity (Wildman–Crippen MR) is 115 cm³/mol. The van der Waals surface area contributed by atoms with Crippen molar-refractivity contribution in [3.8, 4) is 5.75 Å². The number of hydrogen-bond acceptors (Lipinski definition) is 4. The van der Waals surface area contributed by atoms with Crippen LogP contribution in [0, 0.1) is 0 Å². The molecule has 4 rings (SSSR count). The lowest BCUT2D eigenvalue weighted by Gasteiger charge is -2.34. The normalized spacial score (nSPS) is 15.8. The number of halogens is 1. The molecule has 1 N–H and O–H groups in total. The highest BCUT2D eigenvalue weighted by atomic mass is 35.5. The maximum Gasteiger partial charge on any atom is 0.264 e. The Labute approximate surface area is 180 Å². The van der Waals surface area contributed by atoms with Gasteiger partial charge in [-0.25, -0.2) is 8.42 Å². The number of nitrogens with one attached hydrogen (secondary N) is 1. The first-order valence-corrected chi connectivity index (χ1v) is 11.1. The summed E-state index contributed by atoms with van der Waals surface area (Å²) in [4.78, 5) is 12.8. The van der Waals surface area contributed by atoms with E-state index in [1.807, 2.05) is 30.3 Å². The summed E-state index contributed by atoms with van der Waals surface area (Å²) in [7, 11) is -3.91. The smallest absolute Gasteiger partial charge is 0.264 e. The Morgan fingerprint density at radius 2 is 1.67 bits per heavy atom. The van der Waals surface area contributed by atoms with Crippen LogP contribution in [0.3, 0.4) is 0 Å². The van der Waals surface area contributed by atoms with Crippen molar-refractivity contribution < 1.29 is 17.9 Å². The minimum Gasteiger partial charge on any atom is -0.476 e. The maximum absolute atomic E-state index is 13.3. The number of sulfonamides is 1. The number of hydrogen-bond donors (Lipinski definition) is 1. The molecule has 6 nitrogen and oxygen atoms in total. The van der Waals surface area contributed by atoms with Crippen LogP contribution in [0.2, 0.25) is 5.02 Å². The lowest BCUT2D eigenvalue weighted by atomic mass is 10.2. The number of carbonyl (C=O) groups excluding carboxylic acids is 1. The number of ether oxygens (including phenoxy) is 1. The van der Waals surface area contributed by atoms with Crippen LogP contribution in [0.5, 0.6) is 5.75 Å². The molecule has 0 bridgehead atoms. The molecule has 0 fully saturated rings. The van der Waals surface area contributed by atoms with Gasteiger partial charge in [-0.3, -0.25) is 9.10 Å². The van der Waals surface area contributed by atoms with Crippen LogP contribution >= 0.6 is 11.6 Å². The van der Waals surface area contributed by atoms with E-state index in [4.69, 9.17) is 16.3 Å². The van der Waals surface area contributed by atoms with Crippen molar-refractivity contribution >= 4 is 33.2 Å². The largest absolute Gasteiger partial charge is 0.476 e. The number of benzene rings is 3. The molecule has 0 radical (unpaired) electrons. The average molecular weight is 443 g/mol. The minimum absolute atomic E-state index is 0.0899. The highest BCUT2D eigenvalue weighted by Crippen LogP contribution is 2.36. The quantitative estimate of drug-likeness (QED) is 0.655. The summed E-state index contributed by atoms with van der Waals surface area (Å²) in [5.41, 5.74) is 1.33. The molecule has 0 spiro atoms. The van der Waals surface area contributed by atoms with Crippen LogP contribution in [-0.2, 0) is 21.4 Å². The van der Waals surface area contributed by atoms with Crippen molar-refractivity contribution in [2.75, 3.05) is 10.8 Å². The molecule has 0 aliphatic carbocycles. The van der Waals surface area contributed by atoms with Crippen molar-refractivity contribution in [2.24, 2.45) is 0 Å². The number of fused-ring (bicyclic) bond motifs is 1. The summed E-state index contributed by atoms with van der Waals surface area (Å²) in [5, 5.41) is 3.26. The van der Waals surface area contributed by atoms with Crippen LogP contribution in [0.4, 0.5) is 5.69 Å². The molecule has 3 aromatic carbocycles. The van der Waals surface area contributed by atoms with Crippen LogP contribution < -0.4 is 14.4 Å². The molecule has 8 heteroatoms. The fourth-order valence-corrected chi connectivity index (χ4v) is 4.80. The Morgan fingerprint density at radius 1 is 1.00 bits per heavy atom. The minimum atomic E-state index is -3.91.